The molecule has 5 nitrogen and oxygen atoms in total. The molecule has 3 rings (SSSR count). The minimum Gasteiger partial charge on any atom is -0.424 e. The maximum absolute atomic E-state index is 12.3. The lowest BCUT2D eigenvalue weighted by atomic mass is 9.96. The van der Waals surface area contributed by atoms with Crippen LogP contribution in [0.4, 0.5) is 0 Å². The van der Waals surface area contributed by atoms with Crippen molar-refractivity contribution >= 4 is 18.7 Å². The number of benzene rings is 2. The molecule has 1 aliphatic rings. The van der Waals surface area contributed by atoms with Gasteiger partial charge >= 0.3 is 0 Å². The molecule has 0 saturated carbocycles. The van der Waals surface area contributed by atoms with E-state index in [1.807, 2.05) is 60.7 Å². The van der Waals surface area contributed by atoms with E-state index in [1.54, 1.807) is 13.8 Å². The molecule has 1 saturated heterocycles. The highest BCUT2D eigenvalue weighted by atomic mass is 28.4. The van der Waals surface area contributed by atoms with Gasteiger partial charge in [-0.05, 0) is 42.1 Å². The van der Waals surface area contributed by atoms with E-state index in [9.17, 15) is 15.0 Å². The molecule has 0 aliphatic carbocycles. The van der Waals surface area contributed by atoms with Crippen molar-refractivity contribution in [2.75, 3.05) is 0 Å². The average Bonchev–Trinajstić information content (AvgIpc) is 3.13. The van der Waals surface area contributed by atoms with Gasteiger partial charge in [0.1, 0.15) is 18.3 Å². The molecule has 2 aromatic rings. The average molecular weight is 457 g/mol. The molecule has 0 bridgehead atoms. The minimum absolute atomic E-state index is 0.395. The Morgan fingerprint density at radius 1 is 0.969 bits per heavy atom. The van der Waals surface area contributed by atoms with Crippen molar-refractivity contribution < 1.29 is 24.5 Å². The number of aliphatic hydroxyl groups is 2. The molecule has 6 heteroatoms. The van der Waals surface area contributed by atoms with Crippen molar-refractivity contribution in [1.82, 2.24) is 0 Å². The zero-order valence-electron chi connectivity index (χ0n) is 19.4. The first-order valence-corrected chi connectivity index (χ1v) is 13.1. The van der Waals surface area contributed by atoms with Crippen molar-refractivity contribution in [3.63, 3.8) is 0 Å². The second-order valence-electron chi connectivity index (χ2n) is 9.72. The van der Waals surface area contributed by atoms with Crippen LogP contribution >= 0.6 is 0 Å². The molecule has 32 heavy (non-hydrogen) atoms. The Balaban J connectivity index is 1.85. The lowest BCUT2D eigenvalue weighted by Gasteiger charge is -2.42. The van der Waals surface area contributed by atoms with Crippen molar-refractivity contribution in [2.45, 2.75) is 75.8 Å². The zero-order valence-corrected chi connectivity index (χ0v) is 20.4. The first kappa shape index (κ1) is 24.8. The lowest BCUT2D eigenvalue weighted by molar-refractivity contribution is -0.159. The van der Waals surface area contributed by atoms with Crippen molar-refractivity contribution in [1.29, 1.82) is 0 Å². The summed E-state index contributed by atoms with van der Waals surface area (Å²) in [6, 6.07) is 19.7. The Bertz CT molecular complexity index is 844. The molecule has 0 aromatic heterocycles. The minimum atomic E-state index is -3.16. The summed E-state index contributed by atoms with van der Waals surface area (Å²) < 4.78 is 11.8. The number of ether oxygens (including phenoxy) is 2. The Morgan fingerprint density at radius 2 is 1.44 bits per heavy atom. The van der Waals surface area contributed by atoms with Crippen molar-refractivity contribution in [3.05, 3.63) is 73.3 Å². The zero-order chi connectivity index (χ0) is 23.6. The fraction of sp³-hybridized carbons (Fsp3) is 0.462. The van der Waals surface area contributed by atoms with E-state index in [0.717, 1.165) is 10.4 Å². The van der Waals surface area contributed by atoms with E-state index < -0.39 is 43.6 Å². The third-order valence-electron chi connectivity index (χ3n) is 6.55. The molecule has 2 unspecified atom stereocenters. The predicted molar refractivity (Wildman–Crippen MR) is 129 cm³/mol. The van der Waals surface area contributed by atoms with Gasteiger partial charge in [-0.3, -0.25) is 0 Å². The molecular weight excluding hydrogens is 420 g/mol. The predicted octanol–water partition coefficient (Wildman–Crippen LogP) is 2.73. The highest BCUT2D eigenvalue weighted by Gasteiger charge is 2.51. The van der Waals surface area contributed by atoms with Gasteiger partial charge in [0.15, 0.2) is 5.79 Å². The van der Waals surface area contributed by atoms with Gasteiger partial charge in [0.2, 0.25) is 0 Å². The second-order valence-corrected chi connectivity index (χ2v) is 13.7. The van der Waals surface area contributed by atoms with E-state index >= 15 is 0 Å². The van der Waals surface area contributed by atoms with Crippen LogP contribution in [0.5, 0.6) is 0 Å². The molecule has 1 heterocycles. The fourth-order valence-corrected chi connectivity index (χ4v) is 8.43. The van der Waals surface area contributed by atoms with Crippen LogP contribution < -0.4 is 10.4 Å². The normalized spacial score (nSPS) is 23.0. The molecule has 0 amide bonds. The van der Waals surface area contributed by atoms with Crippen LogP contribution in [0, 0.1) is 0 Å². The Labute approximate surface area is 192 Å². The smallest absolute Gasteiger partial charge is 0.258 e. The summed E-state index contributed by atoms with van der Waals surface area (Å²) in [4.78, 5) is 12.3. The maximum Gasteiger partial charge on any atom is 0.258 e. The van der Waals surface area contributed by atoms with Gasteiger partial charge in [0.05, 0.1) is 6.10 Å². The third-order valence-corrected chi connectivity index (χ3v) is 11.1. The first-order valence-electron chi connectivity index (χ1n) is 11.2. The van der Waals surface area contributed by atoms with E-state index in [2.05, 4.69) is 20.4 Å². The van der Waals surface area contributed by atoms with Crippen LogP contribution in [-0.2, 0) is 9.47 Å². The van der Waals surface area contributed by atoms with E-state index in [4.69, 9.17) is 9.47 Å². The van der Waals surface area contributed by atoms with Crippen molar-refractivity contribution in [2.24, 2.45) is 0 Å². The highest BCUT2D eigenvalue weighted by Crippen LogP contribution is 2.41. The number of aliphatic hydroxyl groups excluding tert-OH is 2. The molecule has 1 fully saturated rings. The van der Waals surface area contributed by atoms with Crippen LogP contribution in [0.3, 0.4) is 0 Å². The van der Waals surface area contributed by atoms with Crippen LogP contribution in [0.15, 0.2) is 73.3 Å². The van der Waals surface area contributed by atoms with Gasteiger partial charge in [-0.25, -0.2) is 0 Å². The number of hydrogen-bond acceptors (Lipinski definition) is 5. The molecule has 0 spiro atoms. The highest BCUT2D eigenvalue weighted by molar-refractivity contribution is 6.98. The standard InChI is InChI=1S/C26H36O5Si/c1-6-21(27)23-24(31-26(4,5)30-23)22(28)17-18-25(2,3)32(29,19-13-9-7-10-14-19)20-15-11-8-12-16-20/h6-16,21-24,27-29H,1,17-18H2,2-5H3/t21-,22+,23?,24?/m0/s1. The van der Waals surface area contributed by atoms with E-state index in [1.165, 1.54) is 6.08 Å². The fourth-order valence-electron chi connectivity index (χ4n) is 4.67. The monoisotopic (exact) mass is 456 g/mol. The van der Waals surface area contributed by atoms with Gasteiger partial charge < -0.3 is 24.5 Å². The van der Waals surface area contributed by atoms with Crippen LogP contribution in [0.25, 0.3) is 0 Å². The SMILES string of the molecule is C=C[C@H](O)C1OC(C)(C)OC1[C@H](O)CCC(C)(C)[Si](O)(c1ccccc1)c1ccccc1. The Kier molecular flexibility index (Phi) is 7.44. The van der Waals surface area contributed by atoms with Crippen molar-refractivity contribution in [3.8, 4) is 0 Å². The van der Waals surface area contributed by atoms with E-state index in [0.29, 0.717) is 12.8 Å². The molecular formula is C26H36O5Si. The first-order chi connectivity index (χ1) is 15.0. The quantitative estimate of drug-likeness (QED) is 0.399. The molecule has 1 aliphatic heterocycles. The van der Waals surface area contributed by atoms with Gasteiger partial charge in [-0.2, -0.15) is 0 Å². The summed E-state index contributed by atoms with van der Waals surface area (Å²) in [6.45, 7) is 11.3. The summed E-state index contributed by atoms with van der Waals surface area (Å²) in [5, 5.41) is 22.7. The lowest BCUT2D eigenvalue weighted by Crippen LogP contribution is -2.65. The maximum atomic E-state index is 12.3. The number of rotatable bonds is 9. The van der Waals surface area contributed by atoms with Gasteiger partial charge in [-0.15, -0.1) is 6.58 Å². The van der Waals surface area contributed by atoms with Crippen LogP contribution in [0.2, 0.25) is 5.04 Å². The molecule has 0 radical (unpaired) electrons. The molecule has 174 valence electrons. The summed E-state index contributed by atoms with van der Waals surface area (Å²) >= 11 is 0. The Morgan fingerprint density at radius 3 is 1.91 bits per heavy atom. The molecule has 3 N–H and O–H groups in total. The summed E-state index contributed by atoms with van der Waals surface area (Å²) in [6.07, 6.45) is -0.818. The van der Waals surface area contributed by atoms with Gasteiger partial charge in [0.25, 0.3) is 8.32 Å². The summed E-state index contributed by atoms with van der Waals surface area (Å²) in [7, 11) is -3.16. The third kappa shape index (κ3) is 4.91. The van der Waals surface area contributed by atoms with Crippen LogP contribution in [0.1, 0.15) is 40.5 Å². The molecule has 4 atom stereocenters. The molecule has 2 aromatic carbocycles. The topological polar surface area (TPSA) is 79.2 Å². The van der Waals surface area contributed by atoms with Gasteiger partial charge in [-0.1, -0.05) is 80.6 Å². The largest absolute Gasteiger partial charge is 0.424 e. The summed E-state index contributed by atoms with van der Waals surface area (Å²) in [5.41, 5.74) is 0. The van der Waals surface area contributed by atoms with Gasteiger partial charge in [0, 0.05) is 0 Å². The van der Waals surface area contributed by atoms with E-state index in [-0.39, 0.29) is 0 Å². The number of hydrogen-bond donors (Lipinski definition) is 3. The summed E-state index contributed by atoms with van der Waals surface area (Å²) in [5.74, 6) is -0.903. The Hall–Kier alpha value is -1.80. The second kappa shape index (κ2) is 9.59. The van der Waals surface area contributed by atoms with Crippen LogP contribution in [-0.4, -0.2) is 53.5 Å².